The second kappa shape index (κ2) is 35.9. The molecule has 344 valence electrons. The number of hydrogen-bond donors (Lipinski definition) is 0. The fourth-order valence-corrected chi connectivity index (χ4v) is 7.77. The summed E-state index contributed by atoms with van der Waals surface area (Å²) in [5, 5.41) is 0. The molecule has 0 aliphatic heterocycles. The summed E-state index contributed by atoms with van der Waals surface area (Å²) >= 11 is 0. The van der Waals surface area contributed by atoms with Crippen molar-refractivity contribution in [3.8, 4) is 0 Å². The molecule has 0 saturated heterocycles. The van der Waals surface area contributed by atoms with Crippen LogP contribution in [0.2, 0.25) is 0 Å². The van der Waals surface area contributed by atoms with E-state index in [0.29, 0.717) is 12.8 Å². The molecule has 0 heterocycles. The third-order valence-corrected chi connectivity index (χ3v) is 11.4. The Morgan fingerprint density at radius 3 is 1.22 bits per heavy atom. The van der Waals surface area contributed by atoms with Gasteiger partial charge in [-0.15, -0.1) is 0 Å². The standard InChI is InChI=1S/C58H82O5/c1-3-5-7-9-11-13-15-17-19-21-23-25-27-29-40-48-56(59)61-50-55(63-57(60)49-41-30-28-26-24-22-20-18-16-14-12-10-8-6-4-2)51-62-58(52-42-34-31-35-43-52,53-44-36-32-37-45-53)54-46-38-33-39-47-54/h11-14,17-20,31-39,42-47,55H,3-10,15-16,21-30,40-41,48-51H2,1-2H3/b13-11-,14-12-,19-17-,20-18-/t55-/m0/s1. The summed E-state index contributed by atoms with van der Waals surface area (Å²) in [5.74, 6) is -0.556. The highest BCUT2D eigenvalue weighted by Crippen LogP contribution is 2.40. The molecule has 3 aromatic carbocycles. The number of carbonyl (C=O) groups excluding carboxylic acids is 2. The molecular weight excluding hydrogens is 777 g/mol. The smallest absolute Gasteiger partial charge is 0.306 e. The fraction of sp³-hybridized carbons (Fsp3) is 0.517. The number of hydrogen-bond acceptors (Lipinski definition) is 5. The maximum Gasteiger partial charge on any atom is 0.306 e. The Labute approximate surface area is 383 Å². The number of esters is 2. The predicted molar refractivity (Wildman–Crippen MR) is 265 cm³/mol. The average molecular weight is 859 g/mol. The van der Waals surface area contributed by atoms with Crippen LogP contribution in [-0.2, 0) is 29.4 Å². The highest BCUT2D eigenvalue weighted by atomic mass is 16.6. The van der Waals surface area contributed by atoms with Gasteiger partial charge in [0.05, 0.1) is 6.61 Å². The topological polar surface area (TPSA) is 61.8 Å². The average Bonchev–Trinajstić information content (AvgIpc) is 3.31. The van der Waals surface area contributed by atoms with E-state index in [-0.39, 0.29) is 25.2 Å². The molecule has 0 spiro atoms. The Kier molecular flexibility index (Phi) is 30.1. The first-order chi connectivity index (χ1) is 31.1. The second-order valence-corrected chi connectivity index (χ2v) is 16.8. The fourth-order valence-electron chi connectivity index (χ4n) is 7.77. The monoisotopic (exact) mass is 859 g/mol. The highest BCUT2D eigenvalue weighted by molar-refractivity contribution is 5.70. The largest absolute Gasteiger partial charge is 0.462 e. The van der Waals surface area contributed by atoms with Gasteiger partial charge < -0.3 is 14.2 Å². The first-order valence-corrected chi connectivity index (χ1v) is 24.9. The molecule has 63 heavy (non-hydrogen) atoms. The molecule has 0 aromatic heterocycles. The summed E-state index contributed by atoms with van der Waals surface area (Å²) in [6.45, 7) is 4.47. The van der Waals surface area contributed by atoms with Crippen molar-refractivity contribution in [2.45, 2.75) is 180 Å². The van der Waals surface area contributed by atoms with Crippen molar-refractivity contribution in [1.29, 1.82) is 0 Å². The molecule has 0 aliphatic rings. The van der Waals surface area contributed by atoms with Crippen molar-refractivity contribution in [2.24, 2.45) is 0 Å². The summed E-state index contributed by atoms with van der Waals surface area (Å²) in [6.07, 6.45) is 42.9. The van der Waals surface area contributed by atoms with E-state index in [0.717, 1.165) is 100 Å². The molecule has 0 fully saturated rings. The van der Waals surface area contributed by atoms with Crippen LogP contribution in [-0.4, -0.2) is 31.3 Å². The van der Waals surface area contributed by atoms with Crippen LogP contribution in [0.3, 0.4) is 0 Å². The Hall–Kier alpha value is -4.48. The number of benzene rings is 3. The summed E-state index contributed by atoms with van der Waals surface area (Å²) in [5.41, 5.74) is 1.88. The van der Waals surface area contributed by atoms with Crippen molar-refractivity contribution >= 4 is 11.9 Å². The van der Waals surface area contributed by atoms with Crippen molar-refractivity contribution in [2.75, 3.05) is 13.2 Å². The number of rotatable bonds is 37. The molecule has 0 amide bonds. The van der Waals surface area contributed by atoms with Gasteiger partial charge in [0.15, 0.2) is 6.10 Å². The van der Waals surface area contributed by atoms with Crippen LogP contribution >= 0.6 is 0 Å². The van der Waals surface area contributed by atoms with Gasteiger partial charge in [0.2, 0.25) is 0 Å². The van der Waals surface area contributed by atoms with Gasteiger partial charge in [-0.05, 0) is 93.7 Å². The molecule has 0 N–H and O–H groups in total. The van der Waals surface area contributed by atoms with E-state index in [9.17, 15) is 9.59 Å². The zero-order chi connectivity index (χ0) is 44.7. The van der Waals surface area contributed by atoms with E-state index in [2.05, 4.69) is 98.9 Å². The van der Waals surface area contributed by atoms with Crippen molar-refractivity contribution in [3.63, 3.8) is 0 Å². The molecule has 0 saturated carbocycles. The lowest BCUT2D eigenvalue weighted by molar-refractivity contribution is -0.165. The summed E-state index contributed by atoms with van der Waals surface area (Å²) < 4.78 is 18.9. The van der Waals surface area contributed by atoms with E-state index in [1.165, 1.54) is 57.8 Å². The maximum atomic E-state index is 13.4. The number of unbranched alkanes of at least 4 members (excludes halogenated alkanes) is 16. The minimum Gasteiger partial charge on any atom is -0.462 e. The van der Waals surface area contributed by atoms with Gasteiger partial charge in [-0.3, -0.25) is 9.59 Å². The lowest BCUT2D eigenvalue weighted by Gasteiger charge is -2.37. The molecule has 0 bridgehead atoms. The van der Waals surface area contributed by atoms with Gasteiger partial charge >= 0.3 is 11.9 Å². The highest BCUT2D eigenvalue weighted by Gasteiger charge is 2.38. The number of ether oxygens (including phenoxy) is 3. The quantitative estimate of drug-likeness (QED) is 0.0250. The third-order valence-electron chi connectivity index (χ3n) is 11.4. The summed E-state index contributed by atoms with van der Waals surface area (Å²) in [6, 6.07) is 30.4. The third kappa shape index (κ3) is 23.7. The van der Waals surface area contributed by atoms with Crippen LogP contribution in [0.1, 0.15) is 185 Å². The van der Waals surface area contributed by atoms with E-state index in [1.807, 2.05) is 54.6 Å². The second-order valence-electron chi connectivity index (χ2n) is 16.8. The van der Waals surface area contributed by atoms with Gasteiger partial charge in [0, 0.05) is 12.8 Å². The van der Waals surface area contributed by atoms with Crippen LogP contribution in [0.5, 0.6) is 0 Å². The van der Waals surface area contributed by atoms with Crippen molar-refractivity contribution < 1.29 is 23.8 Å². The molecular formula is C58H82O5. The molecule has 0 aliphatic carbocycles. The zero-order valence-electron chi connectivity index (χ0n) is 39.3. The SMILES string of the molecule is CCCCC/C=C\C/C=C\CCCCCCCC(=O)OC[C@@H](COC(c1ccccc1)(c1ccccc1)c1ccccc1)OC(=O)CCCCCCC/C=C\C/C=C\CCCCC. The van der Waals surface area contributed by atoms with Crippen molar-refractivity contribution in [1.82, 2.24) is 0 Å². The van der Waals surface area contributed by atoms with E-state index in [4.69, 9.17) is 14.2 Å². The van der Waals surface area contributed by atoms with Gasteiger partial charge in [-0.1, -0.05) is 218 Å². The first-order valence-electron chi connectivity index (χ1n) is 24.9. The lowest BCUT2D eigenvalue weighted by Crippen LogP contribution is -2.38. The molecule has 1 atom stereocenters. The zero-order valence-corrected chi connectivity index (χ0v) is 39.3. The van der Waals surface area contributed by atoms with Gasteiger partial charge in [-0.25, -0.2) is 0 Å². The minimum absolute atomic E-state index is 0.0452. The van der Waals surface area contributed by atoms with Gasteiger partial charge in [0.25, 0.3) is 0 Å². The molecule has 0 unspecified atom stereocenters. The van der Waals surface area contributed by atoms with Crippen LogP contribution in [0.4, 0.5) is 0 Å². The summed E-state index contributed by atoms with van der Waals surface area (Å²) in [4.78, 5) is 26.4. The Bertz CT molecular complexity index is 1580. The first kappa shape index (κ1) is 52.9. The molecule has 0 radical (unpaired) electrons. The van der Waals surface area contributed by atoms with Crippen molar-refractivity contribution in [3.05, 3.63) is 156 Å². The number of allylic oxidation sites excluding steroid dienone is 8. The number of carbonyl (C=O) groups is 2. The molecule has 5 heteroatoms. The van der Waals surface area contributed by atoms with Crippen LogP contribution < -0.4 is 0 Å². The predicted octanol–water partition coefficient (Wildman–Crippen LogP) is 16.1. The molecule has 3 rings (SSSR count). The van der Waals surface area contributed by atoms with Gasteiger partial charge in [-0.2, -0.15) is 0 Å². The Morgan fingerprint density at radius 1 is 0.444 bits per heavy atom. The normalized spacial score (nSPS) is 12.5. The van der Waals surface area contributed by atoms with Crippen LogP contribution in [0.25, 0.3) is 0 Å². The minimum atomic E-state index is -0.987. The lowest BCUT2D eigenvalue weighted by atomic mass is 9.80. The van der Waals surface area contributed by atoms with Crippen LogP contribution in [0, 0.1) is 0 Å². The Morgan fingerprint density at radius 2 is 0.810 bits per heavy atom. The van der Waals surface area contributed by atoms with E-state index >= 15 is 0 Å². The van der Waals surface area contributed by atoms with E-state index < -0.39 is 11.7 Å². The maximum absolute atomic E-state index is 13.4. The summed E-state index contributed by atoms with van der Waals surface area (Å²) in [7, 11) is 0. The molecule has 3 aromatic rings. The molecule has 5 nitrogen and oxygen atoms in total. The van der Waals surface area contributed by atoms with Crippen LogP contribution in [0.15, 0.2) is 140 Å². The van der Waals surface area contributed by atoms with E-state index in [1.54, 1.807) is 0 Å². The Balaban J connectivity index is 1.51. The van der Waals surface area contributed by atoms with Gasteiger partial charge in [0.1, 0.15) is 12.2 Å².